The van der Waals surface area contributed by atoms with Crippen LogP contribution < -0.4 is 15.4 Å². The molecule has 29 heavy (non-hydrogen) atoms. The number of benzene rings is 2. The number of hydrogen-bond donors (Lipinski definition) is 2. The van der Waals surface area contributed by atoms with Gasteiger partial charge in [-0.05, 0) is 36.8 Å². The van der Waals surface area contributed by atoms with Crippen LogP contribution >= 0.6 is 11.6 Å². The highest BCUT2D eigenvalue weighted by Gasteiger charge is 2.17. The molecular weight excluding hydrogens is 394 g/mol. The first-order chi connectivity index (χ1) is 14.0. The van der Waals surface area contributed by atoms with Crippen LogP contribution in [0, 0.1) is 6.92 Å². The zero-order chi connectivity index (χ0) is 20.8. The maximum absolute atomic E-state index is 12.3. The van der Waals surface area contributed by atoms with Crippen molar-refractivity contribution in [1.29, 1.82) is 0 Å². The van der Waals surface area contributed by atoms with Crippen LogP contribution in [0.4, 0.5) is 0 Å². The highest BCUT2D eigenvalue weighted by atomic mass is 35.5. The molecule has 3 aromatic rings. The predicted molar refractivity (Wildman–Crippen MR) is 108 cm³/mol. The van der Waals surface area contributed by atoms with Crippen LogP contribution in [-0.2, 0) is 11.3 Å². The number of amides is 2. The van der Waals surface area contributed by atoms with Crippen molar-refractivity contribution < 1.29 is 14.3 Å². The Labute approximate surface area is 172 Å². The molecule has 0 radical (unpaired) electrons. The van der Waals surface area contributed by atoms with Crippen molar-refractivity contribution in [1.82, 2.24) is 25.4 Å². The van der Waals surface area contributed by atoms with Gasteiger partial charge in [-0.1, -0.05) is 35.9 Å². The predicted octanol–water partition coefficient (Wildman–Crippen LogP) is 2.28. The van der Waals surface area contributed by atoms with Gasteiger partial charge in [0.05, 0.1) is 24.4 Å². The Balaban J connectivity index is 1.54. The van der Waals surface area contributed by atoms with Crippen molar-refractivity contribution >= 4 is 23.4 Å². The molecule has 0 fully saturated rings. The van der Waals surface area contributed by atoms with E-state index in [-0.39, 0.29) is 18.3 Å². The number of rotatable bonds is 7. The average molecular weight is 414 g/mol. The Kier molecular flexibility index (Phi) is 6.46. The van der Waals surface area contributed by atoms with Crippen LogP contribution in [0.25, 0.3) is 5.69 Å². The Hall–Kier alpha value is -3.39. The molecule has 0 bridgehead atoms. The number of para-hydroxylation sites is 1. The second-order valence-electron chi connectivity index (χ2n) is 6.15. The molecular formula is C20H20ClN5O3. The van der Waals surface area contributed by atoms with Gasteiger partial charge in [-0.25, -0.2) is 9.67 Å². The second-order valence-corrected chi connectivity index (χ2v) is 6.56. The summed E-state index contributed by atoms with van der Waals surface area (Å²) in [6.45, 7) is 1.88. The third kappa shape index (κ3) is 5.11. The number of nitrogens with one attached hydrogen (secondary N) is 2. The molecule has 2 amide bonds. The zero-order valence-electron chi connectivity index (χ0n) is 16.0. The van der Waals surface area contributed by atoms with Gasteiger partial charge in [0.1, 0.15) is 11.6 Å². The molecule has 2 aromatic carbocycles. The summed E-state index contributed by atoms with van der Waals surface area (Å²) in [4.78, 5) is 28.5. The molecule has 0 aliphatic carbocycles. The quantitative estimate of drug-likeness (QED) is 0.619. The lowest BCUT2D eigenvalue weighted by Gasteiger charge is -2.07. The number of carbonyl (C=O) groups excluding carboxylic acids is 2. The minimum atomic E-state index is -0.543. The number of methoxy groups -OCH3 is 1. The van der Waals surface area contributed by atoms with Crippen molar-refractivity contribution in [2.75, 3.05) is 13.7 Å². The molecule has 3 rings (SSSR count). The Morgan fingerprint density at radius 1 is 1.10 bits per heavy atom. The van der Waals surface area contributed by atoms with E-state index in [1.165, 1.54) is 4.68 Å². The molecule has 0 spiro atoms. The van der Waals surface area contributed by atoms with E-state index in [2.05, 4.69) is 20.7 Å². The van der Waals surface area contributed by atoms with Crippen molar-refractivity contribution in [2.45, 2.75) is 13.5 Å². The number of aryl methyl sites for hydroxylation is 1. The van der Waals surface area contributed by atoms with Crippen molar-refractivity contribution in [2.24, 2.45) is 0 Å². The molecule has 0 aliphatic heterocycles. The molecule has 2 N–H and O–H groups in total. The van der Waals surface area contributed by atoms with Crippen LogP contribution in [0.2, 0.25) is 5.02 Å². The first-order valence-electron chi connectivity index (χ1n) is 8.84. The fraction of sp³-hybridized carbons (Fsp3) is 0.200. The molecule has 0 atom stereocenters. The van der Waals surface area contributed by atoms with E-state index in [1.54, 1.807) is 32.2 Å². The lowest BCUT2D eigenvalue weighted by Crippen LogP contribution is -2.37. The summed E-state index contributed by atoms with van der Waals surface area (Å²) < 4.78 is 6.58. The van der Waals surface area contributed by atoms with E-state index in [0.29, 0.717) is 23.1 Å². The number of halogens is 1. The van der Waals surface area contributed by atoms with Crippen LogP contribution in [0.15, 0.2) is 48.5 Å². The minimum Gasteiger partial charge on any atom is -0.497 e. The summed E-state index contributed by atoms with van der Waals surface area (Å²) in [5.41, 5.74) is 1.54. The van der Waals surface area contributed by atoms with Crippen molar-refractivity contribution in [3.8, 4) is 11.4 Å². The molecule has 1 heterocycles. The fourth-order valence-corrected chi connectivity index (χ4v) is 2.80. The molecule has 0 saturated heterocycles. The highest BCUT2D eigenvalue weighted by Crippen LogP contribution is 2.20. The van der Waals surface area contributed by atoms with Gasteiger partial charge in [-0.2, -0.15) is 0 Å². The molecule has 0 saturated carbocycles. The van der Waals surface area contributed by atoms with E-state index < -0.39 is 5.91 Å². The van der Waals surface area contributed by atoms with Gasteiger partial charge >= 0.3 is 0 Å². The van der Waals surface area contributed by atoms with Gasteiger partial charge in [0, 0.05) is 6.54 Å². The van der Waals surface area contributed by atoms with Gasteiger partial charge in [-0.3, -0.25) is 9.59 Å². The van der Waals surface area contributed by atoms with Gasteiger partial charge in [0.15, 0.2) is 0 Å². The summed E-state index contributed by atoms with van der Waals surface area (Å²) in [5.74, 6) is 0.346. The number of hydrogen-bond acceptors (Lipinski definition) is 5. The van der Waals surface area contributed by atoms with E-state index in [1.807, 2.05) is 30.3 Å². The normalized spacial score (nSPS) is 10.4. The minimum absolute atomic E-state index is 0.0367. The molecule has 8 nitrogen and oxygen atoms in total. The molecule has 9 heteroatoms. The van der Waals surface area contributed by atoms with Crippen LogP contribution in [0.3, 0.4) is 0 Å². The van der Waals surface area contributed by atoms with Crippen molar-refractivity contribution in [3.05, 3.63) is 70.8 Å². The Morgan fingerprint density at radius 2 is 1.83 bits per heavy atom. The SMILES string of the molecule is COc1ccc(CNC(=O)CNC(=O)c2nc(C)n(-c3ccccc3Cl)n2)cc1. The molecule has 0 unspecified atom stereocenters. The largest absolute Gasteiger partial charge is 0.497 e. The van der Waals surface area contributed by atoms with E-state index in [4.69, 9.17) is 16.3 Å². The van der Waals surface area contributed by atoms with Gasteiger partial charge < -0.3 is 15.4 Å². The second kappa shape index (κ2) is 9.20. The van der Waals surface area contributed by atoms with Crippen molar-refractivity contribution in [3.63, 3.8) is 0 Å². The first kappa shape index (κ1) is 20.3. The van der Waals surface area contributed by atoms with Gasteiger partial charge in [0.2, 0.25) is 11.7 Å². The Bertz CT molecular complexity index is 1020. The maximum atomic E-state index is 12.3. The van der Waals surface area contributed by atoms with Gasteiger partial charge in [-0.15, -0.1) is 5.10 Å². The van der Waals surface area contributed by atoms with E-state index in [0.717, 1.165) is 11.3 Å². The van der Waals surface area contributed by atoms with E-state index >= 15 is 0 Å². The summed E-state index contributed by atoms with van der Waals surface area (Å²) in [7, 11) is 1.59. The number of carbonyl (C=O) groups is 2. The standard InChI is InChI=1S/C20H20ClN5O3/c1-13-24-19(25-26(13)17-6-4-3-5-16(17)21)20(28)23-12-18(27)22-11-14-7-9-15(29-2)10-8-14/h3-10H,11-12H2,1-2H3,(H,22,27)(H,23,28). The summed E-state index contributed by atoms with van der Waals surface area (Å²) >= 11 is 6.18. The van der Waals surface area contributed by atoms with Crippen LogP contribution in [-0.4, -0.2) is 40.2 Å². The zero-order valence-corrected chi connectivity index (χ0v) is 16.7. The smallest absolute Gasteiger partial charge is 0.291 e. The van der Waals surface area contributed by atoms with Crippen LogP contribution in [0.5, 0.6) is 5.75 Å². The summed E-state index contributed by atoms with van der Waals surface area (Å²) in [5, 5.41) is 9.94. The lowest BCUT2D eigenvalue weighted by atomic mass is 10.2. The van der Waals surface area contributed by atoms with Crippen LogP contribution in [0.1, 0.15) is 22.0 Å². The third-order valence-electron chi connectivity index (χ3n) is 4.11. The summed E-state index contributed by atoms with van der Waals surface area (Å²) in [6, 6.07) is 14.4. The topological polar surface area (TPSA) is 98.1 Å². The Morgan fingerprint density at radius 3 is 2.52 bits per heavy atom. The van der Waals surface area contributed by atoms with Gasteiger partial charge in [0.25, 0.3) is 5.91 Å². The lowest BCUT2D eigenvalue weighted by molar-refractivity contribution is -0.120. The average Bonchev–Trinajstić information content (AvgIpc) is 3.12. The molecule has 0 aliphatic rings. The fourth-order valence-electron chi connectivity index (χ4n) is 2.58. The highest BCUT2D eigenvalue weighted by molar-refractivity contribution is 6.32. The number of nitrogens with zero attached hydrogens (tertiary/aromatic N) is 3. The monoisotopic (exact) mass is 413 g/mol. The van der Waals surface area contributed by atoms with E-state index in [9.17, 15) is 9.59 Å². The molecule has 1 aromatic heterocycles. The maximum Gasteiger partial charge on any atom is 0.291 e. The first-order valence-corrected chi connectivity index (χ1v) is 9.22. The third-order valence-corrected chi connectivity index (χ3v) is 4.43. The molecule has 150 valence electrons. The number of aromatic nitrogens is 3. The number of ether oxygens (including phenoxy) is 1. The summed E-state index contributed by atoms with van der Waals surface area (Å²) in [6.07, 6.45) is 0.